The Kier molecular flexibility index (Phi) is 6.62. The molecule has 0 fully saturated rings. The maximum atomic E-state index is 8.97. The maximum absolute atomic E-state index is 8.97. The van der Waals surface area contributed by atoms with Crippen LogP contribution < -0.4 is 5.73 Å². The van der Waals surface area contributed by atoms with Crippen LogP contribution in [-0.4, -0.2) is 27.0 Å². The molecule has 0 aromatic carbocycles. The third kappa shape index (κ3) is 3.83. The number of nitrogens with two attached hydrogens (primary N) is 1. The predicted octanol–water partition coefficient (Wildman–Crippen LogP) is 2.59. The summed E-state index contributed by atoms with van der Waals surface area (Å²) in [5.74, 6) is 1.09. The number of amidine groups is 1. The van der Waals surface area contributed by atoms with E-state index in [0.29, 0.717) is 0 Å². The molecule has 1 rings (SSSR count). The van der Waals surface area contributed by atoms with Gasteiger partial charge in [0.1, 0.15) is 5.03 Å². The van der Waals surface area contributed by atoms with E-state index < -0.39 is 0 Å². The highest BCUT2D eigenvalue weighted by atomic mass is 32.2. The molecule has 0 saturated carbocycles. The van der Waals surface area contributed by atoms with Crippen LogP contribution in [0.4, 0.5) is 0 Å². The highest BCUT2D eigenvalue weighted by Crippen LogP contribution is 2.25. The van der Waals surface area contributed by atoms with Crippen LogP contribution in [0, 0.1) is 0 Å². The minimum atomic E-state index is 0.125. The number of oxime groups is 1. The molecule has 1 heterocycles. The minimum absolute atomic E-state index is 0.125. The van der Waals surface area contributed by atoms with Gasteiger partial charge in [-0.2, -0.15) is 5.10 Å². The van der Waals surface area contributed by atoms with E-state index in [-0.39, 0.29) is 5.84 Å². The number of aromatic nitrogens is 2. The van der Waals surface area contributed by atoms with E-state index in [9.17, 15) is 0 Å². The van der Waals surface area contributed by atoms with Gasteiger partial charge in [0.05, 0.1) is 11.3 Å². The largest absolute Gasteiger partial charge is 0.409 e. The third-order valence-electron chi connectivity index (χ3n) is 2.91. The van der Waals surface area contributed by atoms with Crippen LogP contribution in [0.1, 0.15) is 50.4 Å². The molecular formula is C13H22N4OS. The van der Waals surface area contributed by atoms with Crippen LogP contribution >= 0.6 is 11.8 Å². The number of hydrogen-bond donors (Lipinski definition) is 2. The smallest absolute Gasteiger partial charge is 0.173 e. The molecular weight excluding hydrogens is 260 g/mol. The summed E-state index contributed by atoms with van der Waals surface area (Å²) in [7, 11) is 0. The van der Waals surface area contributed by atoms with Crippen molar-refractivity contribution in [2.24, 2.45) is 10.9 Å². The molecule has 0 bridgehead atoms. The molecule has 19 heavy (non-hydrogen) atoms. The fourth-order valence-electron chi connectivity index (χ4n) is 1.88. The Labute approximate surface area is 118 Å². The zero-order valence-corrected chi connectivity index (χ0v) is 12.6. The van der Waals surface area contributed by atoms with Crippen LogP contribution in [0.3, 0.4) is 0 Å². The van der Waals surface area contributed by atoms with Gasteiger partial charge in [-0.25, -0.2) is 0 Å². The molecule has 6 heteroatoms. The number of rotatable bonds is 7. The second-order valence-corrected chi connectivity index (χ2v) is 5.28. The Morgan fingerprint density at radius 3 is 2.53 bits per heavy atom. The zero-order chi connectivity index (χ0) is 14.3. The van der Waals surface area contributed by atoms with E-state index in [2.05, 4.69) is 22.3 Å². The van der Waals surface area contributed by atoms with Crippen molar-refractivity contribution in [1.29, 1.82) is 0 Å². The van der Waals surface area contributed by atoms with Gasteiger partial charge in [-0.3, -0.25) is 0 Å². The molecule has 1 aromatic heterocycles. The van der Waals surface area contributed by atoms with Crippen molar-refractivity contribution < 1.29 is 5.21 Å². The van der Waals surface area contributed by atoms with Gasteiger partial charge in [0, 0.05) is 0 Å². The predicted molar refractivity (Wildman–Crippen MR) is 78.9 cm³/mol. The van der Waals surface area contributed by atoms with Crippen molar-refractivity contribution >= 4 is 17.6 Å². The lowest BCUT2D eigenvalue weighted by Gasteiger charge is -2.13. The van der Waals surface area contributed by atoms with Gasteiger partial charge < -0.3 is 10.9 Å². The SMILES string of the molecule is CCCCSc1nnc(CC)c(CC)c1C(N)=NO. The van der Waals surface area contributed by atoms with E-state index in [1.165, 1.54) is 0 Å². The topological polar surface area (TPSA) is 84.4 Å². The van der Waals surface area contributed by atoms with Crippen molar-refractivity contribution in [2.75, 3.05) is 5.75 Å². The summed E-state index contributed by atoms with van der Waals surface area (Å²) < 4.78 is 0. The van der Waals surface area contributed by atoms with Crippen LogP contribution in [0.5, 0.6) is 0 Å². The van der Waals surface area contributed by atoms with E-state index in [4.69, 9.17) is 10.9 Å². The average molecular weight is 282 g/mol. The summed E-state index contributed by atoms with van der Waals surface area (Å²) in [6.45, 7) is 6.22. The molecule has 3 N–H and O–H groups in total. The Bertz CT molecular complexity index is 449. The Morgan fingerprint density at radius 1 is 1.26 bits per heavy atom. The Morgan fingerprint density at radius 2 is 2.00 bits per heavy atom. The molecule has 0 atom stereocenters. The van der Waals surface area contributed by atoms with E-state index in [0.717, 1.165) is 53.3 Å². The maximum Gasteiger partial charge on any atom is 0.173 e. The van der Waals surface area contributed by atoms with Gasteiger partial charge >= 0.3 is 0 Å². The summed E-state index contributed by atoms with van der Waals surface area (Å²) in [6, 6.07) is 0. The van der Waals surface area contributed by atoms with Gasteiger partial charge in [0.2, 0.25) is 0 Å². The molecule has 0 amide bonds. The van der Waals surface area contributed by atoms with E-state index in [1.807, 2.05) is 13.8 Å². The lowest BCUT2D eigenvalue weighted by Crippen LogP contribution is -2.20. The normalized spacial score (nSPS) is 11.8. The van der Waals surface area contributed by atoms with E-state index in [1.54, 1.807) is 11.8 Å². The van der Waals surface area contributed by atoms with Crippen molar-refractivity contribution in [2.45, 2.75) is 51.5 Å². The third-order valence-corrected chi connectivity index (χ3v) is 3.97. The van der Waals surface area contributed by atoms with Gasteiger partial charge in [-0.15, -0.1) is 16.9 Å². The lowest BCUT2D eigenvalue weighted by molar-refractivity contribution is 0.318. The summed E-state index contributed by atoms with van der Waals surface area (Å²) in [4.78, 5) is 0. The van der Waals surface area contributed by atoms with Crippen LogP contribution in [-0.2, 0) is 12.8 Å². The first-order valence-electron chi connectivity index (χ1n) is 6.68. The number of thioether (sulfide) groups is 1. The van der Waals surface area contributed by atoms with Crippen molar-refractivity contribution in [3.8, 4) is 0 Å². The minimum Gasteiger partial charge on any atom is -0.409 e. The fraction of sp³-hybridized carbons (Fsp3) is 0.615. The van der Waals surface area contributed by atoms with Crippen LogP contribution in [0.15, 0.2) is 10.2 Å². The second-order valence-electron chi connectivity index (χ2n) is 4.20. The monoisotopic (exact) mass is 282 g/mol. The molecule has 0 unspecified atom stereocenters. The summed E-state index contributed by atoms with van der Waals surface area (Å²) in [5.41, 5.74) is 8.52. The number of aryl methyl sites for hydroxylation is 1. The average Bonchev–Trinajstić information content (AvgIpc) is 2.45. The molecule has 0 spiro atoms. The summed E-state index contributed by atoms with van der Waals surface area (Å²) in [6.07, 6.45) is 3.83. The fourth-order valence-corrected chi connectivity index (χ4v) is 2.98. The first-order valence-corrected chi connectivity index (χ1v) is 7.67. The van der Waals surface area contributed by atoms with Gasteiger partial charge in [-0.1, -0.05) is 32.3 Å². The van der Waals surface area contributed by atoms with Crippen molar-refractivity contribution in [1.82, 2.24) is 10.2 Å². The first-order chi connectivity index (χ1) is 9.19. The molecule has 1 aromatic rings. The van der Waals surface area contributed by atoms with Crippen molar-refractivity contribution in [3.05, 3.63) is 16.8 Å². The number of nitrogens with zero attached hydrogens (tertiary/aromatic N) is 3. The number of hydrogen-bond acceptors (Lipinski definition) is 5. The van der Waals surface area contributed by atoms with Crippen LogP contribution in [0.2, 0.25) is 0 Å². The van der Waals surface area contributed by atoms with E-state index >= 15 is 0 Å². The summed E-state index contributed by atoms with van der Waals surface area (Å²) in [5, 5.41) is 21.4. The van der Waals surface area contributed by atoms with Crippen molar-refractivity contribution in [3.63, 3.8) is 0 Å². The second kappa shape index (κ2) is 7.99. The zero-order valence-electron chi connectivity index (χ0n) is 11.8. The molecule has 0 aliphatic heterocycles. The molecule has 0 saturated heterocycles. The summed E-state index contributed by atoms with van der Waals surface area (Å²) >= 11 is 1.62. The molecule has 0 aliphatic rings. The molecule has 0 aliphatic carbocycles. The van der Waals surface area contributed by atoms with Gasteiger partial charge in [0.15, 0.2) is 5.84 Å². The Balaban J connectivity index is 3.22. The first kappa shape index (κ1) is 15.8. The quantitative estimate of drug-likeness (QED) is 0.200. The van der Waals surface area contributed by atoms with Crippen LogP contribution in [0.25, 0.3) is 0 Å². The van der Waals surface area contributed by atoms with Gasteiger partial charge in [0.25, 0.3) is 0 Å². The standard InChI is InChI=1S/C13H22N4OS/c1-4-7-8-19-13-11(12(14)17-18)9(5-2)10(6-3)15-16-13/h18H,4-8H2,1-3H3,(H2,14,17). The molecule has 0 radical (unpaired) electrons. The molecule has 106 valence electrons. The lowest BCUT2D eigenvalue weighted by atomic mass is 10.0. The highest BCUT2D eigenvalue weighted by Gasteiger charge is 2.18. The Hall–Kier alpha value is -1.30. The molecule has 5 nitrogen and oxygen atoms in total. The highest BCUT2D eigenvalue weighted by molar-refractivity contribution is 7.99. The number of unbranched alkanes of at least 4 members (excludes halogenated alkanes) is 1. The van der Waals surface area contributed by atoms with Gasteiger partial charge in [-0.05, 0) is 30.6 Å².